The number of carbonyl (C=O) groups excluding carboxylic acids is 2. The van der Waals surface area contributed by atoms with E-state index >= 15 is 0 Å². The first-order chi connectivity index (χ1) is 11.5. The highest BCUT2D eigenvalue weighted by Gasteiger charge is 2.59. The summed E-state index contributed by atoms with van der Waals surface area (Å²) >= 11 is 1.98. The molecule has 124 valence electrons. The number of fused-ring (bicyclic) bond motifs is 5. The van der Waals surface area contributed by atoms with Crippen LogP contribution >= 0.6 is 22.6 Å². The number of aromatic hydroxyl groups is 1. The van der Waals surface area contributed by atoms with E-state index in [1.165, 1.54) is 13.3 Å². The van der Waals surface area contributed by atoms with Crippen LogP contribution in [0.4, 0.5) is 0 Å². The molecule has 1 aromatic rings. The number of hydrazone groups is 1. The maximum Gasteiger partial charge on any atom is 0.254 e. The molecule has 0 radical (unpaired) electrons. The topological polar surface area (TPSA) is 79.2 Å². The molecule has 1 saturated heterocycles. The number of hydrogen-bond acceptors (Lipinski definition) is 5. The first-order valence-electron chi connectivity index (χ1n) is 7.68. The summed E-state index contributed by atoms with van der Waals surface area (Å²) in [5, 5.41) is 15.0. The van der Waals surface area contributed by atoms with E-state index in [0.29, 0.717) is 14.9 Å². The van der Waals surface area contributed by atoms with E-state index in [-0.39, 0.29) is 41.2 Å². The number of carbonyl (C=O) groups is 2. The summed E-state index contributed by atoms with van der Waals surface area (Å²) in [7, 11) is 1.46. The van der Waals surface area contributed by atoms with Gasteiger partial charge in [-0.3, -0.25) is 9.59 Å². The fourth-order valence-corrected chi connectivity index (χ4v) is 4.57. The van der Waals surface area contributed by atoms with Gasteiger partial charge in [0.05, 0.1) is 28.7 Å². The van der Waals surface area contributed by atoms with Crippen LogP contribution in [0.25, 0.3) is 0 Å². The molecule has 2 fully saturated rings. The lowest BCUT2D eigenvalue weighted by Crippen LogP contribution is -2.28. The third-order valence-electron chi connectivity index (χ3n) is 5.04. The van der Waals surface area contributed by atoms with Gasteiger partial charge in [-0.25, -0.2) is 0 Å². The lowest BCUT2D eigenvalue weighted by Gasteiger charge is -2.13. The Hall–Kier alpha value is -1.90. The number of ether oxygens (including phenoxy) is 1. The van der Waals surface area contributed by atoms with Gasteiger partial charge in [0.2, 0.25) is 0 Å². The maximum absolute atomic E-state index is 12.5. The molecule has 1 heterocycles. The molecule has 4 rings (SSSR count). The van der Waals surface area contributed by atoms with Crippen molar-refractivity contribution in [2.24, 2.45) is 28.8 Å². The summed E-state index contributed by atoms with van der Waals surface area (Å²) < 4.78 is 5.71. The van der Waals surface area contributed by atoms with Crippen molar-refractivity contribution >= 4 is 40.6 Å². The van der Waals surface area contributed by atoms with Crippen LogP contribution in [0.3, 0.4) is 0 Å². The Balaban J connectivity index is 1.60. The molecule has 3 aliphatic rings. The van der Waals surface area contributed by atoms with Gasteiger partial charge in [-0.15, -0.1) is 0 Å². The van der Waals surface area contributed by atoms with Crippen molar-refractivity contribution in [2.75, 3.05) is 7.11 Å². The highest BCUT2D eigenvalue weighted by Crippen LogP contribution is 2.52. The molecule has 0 spiro atoms. The van der Waals surface area contributed by atoms with Crippen LogP contribution in [0.2, 0.25) is 0 Å². The van der Waals surface area contributed by atoms with Crippen molar-refractivity contribution in [1.82, 2.24) is 5.01 Å². The van der Waals surface area contributed by atoms with Crippen LogP contribution in [-0.4, -0.2) is 35.3 Å². The van der Waals surface area contributed by atoms with Gasteiger partial charge in [0.25, 0.3) is 11.8 Å². The van der Waals surface area contributed by atoms with Crippen LogP contribution in [0, 0.1) is 27.2 Å². The second-order valence-electron chi connectivity index (χ2n) is 6.29. The zero-order valence-corrected chi connectivity index (χ0v) is 15.0. The largest absolute Gasteiger partial charge is 0.504 e. The monoisotopic (exact) mass is 438 g/mol. The van der Waals surface area contributed by atoms with Crippen LogP contribution in [0.15, 0.2) is 29.4 Å². The number of halogens is 1. The Bertz CT molecular complexity index is 774. The molecule has 6 nitrogen and oxygen atoms in total. The van der Waals surface area contributed by atoms with E-state index in [1.54, 1.807) is 12.1 Å². The number of nitrogens with zero attached hydrogens (tertiary/aromatic N) is 2. The lowest BCUT2D eigenvalue weighted by atomic mass is 9.85. The van der Waals surface area contributed by atoms with Crippen LogP contribution < -0.4 is 4.74 Å². The van der Waals surface area contributed by atoms with Gasteiger partial charge >= 0.3 is 0 Å². The van der Waals surface area contributed by atoms with E-state index < -0.39 is 0 Å². The molecule has 0 unspecified atom stereocenters. The van der Waals surface area contributed by atoms with Crippen molar-refractivity contribution < 1.29 is 19.4 Å². The van der Waals surface area contributed by atoms with Gasteiger partial charge in [-0.05, 0) is 58.5 Å². The van der Waals surface area contributed by atoms with Crippen LogP contribution in [0.5, 0.6) is 11.5 Å². The van der Waals surface area contributed by atoms with Gasteiger partial charge in [-0.1, -0.05) is 12.2 Å². The fourth-order valence-electron chi connectivity index (χ4n) is 3.95. The minimum Gasteiger partial charge on any atom is -0.504 e. The van der Waals surface area contributed by atoms with E-state index in [4.69, 9.17) is 4.74 Å². The highest BCUT2D eigenvalue weighted by atomic mass is 127. The SMILES string of the molecule is COc1cc(/C=N\N2C(=O)[C@@H]3[C@@H](C2=O)[C@H]2C=C[C@H]3C2)cc(I)c1O. The highest BCUT2D eigenvalue weighted by molar-refractivity contribution is 14.1. The lowest BCUT2D eigenvalue weighted by molar-refractivity contribution is -0.140. The molecule has 1 aliphatic heterocycles. The third-order valence-corrected chi connectivity index (χ3v) is 5.86. The van der Waals surface area contributed by atoms with E-state index in [9.17, 15) is 14.7 Å². The van der Waals surface area contributed by atoms with Gasteiger partial charge in [0.1, 0.15) is 0 Å². The molecule has 1 aromatic carbocycles. The summed E-state index contributed by atoms with van der Waals surface area (Å²) in [4.78, 5) is 25.1. The molecule has 2 amide bonds. The fraction of sp³-hybridized carbons (Fsp3) is 0.353. The standard InChI is InChI=1S/C17H15IN2O4/c1-24-12-5-8(4-11(18)15(12)21)7-19-20-16(22)13-9-2-3-10(6-9)14(13)17(20)23/h2-5,7,9-10,13-14,21H,6H2,1H3/b19-7-/t9-,10-,13-,14-/m0/s1. The number of phenolic OH excluding ortho intramolecular Hbond substituents is 1. The summed E-state index contributed by atoms with van der Waals surface area (Å²) in [6.45, 7) is 0. The molecule has 0 aromatic heterocycles. The minimum atomic E-state index is -0.251. The summed E-state index contributed by atoms with van der Waals surface area (Å²) in [5.74, 6) is -0.199. The second kappa shape index (κ2) is 5.58. The summed E-state index contributed by atoms with van der Waals surface area (Å²) in [6, 6.07) is 3.32. The average Bonchev–Trinajstić information content (AvgIpc) is 3.23. The molecular weight excluding hydrogens is 423 g/mol. The number of methoxy groups -OCH3 is 1. The number of phenols is 1. The molecule has 4 atom stereocenters. The van der Waals surface area contributed by atoms with Crippen molar-refractivity contribution in [3.8, 4) is 11.5 Å². The molecular formula is C17H15IN2O4. The molecule has 2 aliphatic carbocycles. The Morgan fingerprint density at radius 2 is 1.88 bits per heavy atom. The summed E-state index contributed by atoms with van der Waals surface area (Å²) in [6.07, 6.45) is 6.46. The Morgan fingerprint density at radius 3 is 2.46 bits per heavy atom. The van der Waals surface area contributed by atoms with Gasteiger partial charge in [-0.2, -0.15) is 10.1 Å². The van der Waals surface area contributed by atoms with Crippen molar-refractivity contribution in [1.29, 1.82) is 0 Å². The Kier molecular flexibility index (Phi) is 3.63. The Labute approximate surface area is 152 Å². The quantitative estimate of drug-likeness (QED) is 0.340. The van der Waals surface area contributed by atoms with Gasteiger partial charge < -0.3 is 9.84 Å². The minimum absolute atomic E-state index is 0.0563. The average molecular weight is 438 g/mol. The van der Waals surface area contributed by atoms with Crippen LogP contribution in [-0.2, 0) is 9.59 Å². The smallest absolute Gasteiger partial charge is 0.254 e. The van der Waals surface area contributed by atoms with Gasteiger partial charge in [0, 0.05) is 0 Å². The number of rotatable bonds is 3. The third kappa shape index (κ3) is 2.17. The molecule has 7 heteroatoms. The van der Waals surface area contributed by atoms with E-state index in [1.807, 2.05) is 22.6 Å². The predicted octanol–water partition coefficient (Wildman–Crippen LogP) is 2.15. The summed E-state index contributed by atoms with van der Waals surface area (Å²) in [5.41, 5.74) is 0.646. The number of allylic oxidation sites excluding steroid dienone is 2. The zero-order valence-electron chi connectivity index (χ0n) is 12.8. The molecule has 1 saturated carbocycles. The van der Waals surface area contributed by atoms with E-state index in [0.717, 1.165) is 11.4 Å². The Morgan fingerprint density at radius 1 is 1.25 bits per heavy atom. The first-order valence-corrected chi connectivity index (χ1v) is 8.75. The second-order valence-corrected chi connectivity index (χ2v) is 7.45. The van der Waals surface area contributed by atoms with Crippen molar-refractivity contribution in [3.05, 3.63) is 33.4 Å². The predicted molar refractivity (Wildman–Crippen MR) is 94.5 cm³/mol. The first kappa shape index (κ1) is 15.6. The maximum atomic E-state index is 12.5. The van der Waals surface area contributed by atoms with Crippen LogP contribution in [0.1, 0.15) is 12.0 Å². The normalized spacial score (nSPS) is 30.7. The van der Waals surface area contributed by atoms with Gasteiger partial charge in [0.15, 0.2) is 11.5 Å². The van der Waals surface area contributed by atoms with Crippen molar-refractivity contribution in [3.63, 3.8) is 0 Å². The zero-order chi connectivity index (χ0) is 17.0. The number of hydrogen-bond donors (Lipinski definition) is 1. The number of amides is 2. The number of benzene rings is 1. The van der Waals surface area contributed by atoms with E-state index in [2.05, 4.69) is 17.3 Å². The number of imide groups is 1. The van der Waals surface area contributed by atoms with Crippen molar-refractivity contribution in [2.45, 2.75) is 6.42 Å². The molecule has 1 N–H and O–H groups in total. The molecule has 2 bridgehead atoms. The molecule has 24 heavy (non-hydrogen) atoms.